The van der Waals surface area contributed by atoms with Crippen molar-refractivity contribution in [3.05, 3.63) is 57.9 Å². The highest BCUT2D eigenvalue weighted by Gasteiger charge is 2.19. The Kier molecular flexibility index (Phi) is 5.89. The molecule has 0 bridgehead atoms. The maximum atomic E-state index is 12.3. The van der Waals surface area contributed by atoms with E-state index in [4.69, 9.17) is 5.84 Å². The molecule has 3 heterocycles. The summed E-state index contributed by atoms with van der Waals surface area (Å²) in [7, 11) is 0. The molecule has 0 radical (unpaired) electrons. The van der Waals surface area contributed by atoms with E-state index in [1.807, 2.05) is 48.0 Å². The van der Waals surface area contributed by atoms with Crippen LogP contribution in [0.5, 0.6) is 0 Å². The van der Waals surface area contributed by atoms with Gasteiger partial charge in [-0.15, -0.1) is 32.9 Å². The molecule has 154 valence electrons. The number of nitrogens with zero attached hydrogens (tertiary/aromatic N) is 5. The van der Waals surface area contributed by atoms with Crippen LogP contribution in [0.1, 0.15) is 23.7 Å². The van der Waals surface area contributed by atoms with Crippen LogP contribution in [-0.4, -0.2) is 25.8 Å². The topological polar surface area (TPSA) is 89.9 Å². The Labute approximate surface area is 186 Å². The zero-order chi connectivity index (χ0) is 21.3. The smallest absolute Gasteiger partial charge is 0.230 e. The first-order chi connectivity index (χ1) is 14.4. The van der Waals surface area contributed by atoms with Gasteiger partial charge in [-0.05, 0) is 48.6 Å². The van der Waals surface area contributed by atoms with Crippen LogP contribution in [0, 0.1) is 13.8 Å². The molecule has 0 aliphatic rings. The lowest BCUT2D eigenvalue weighted by molar-refractivity contribution is -0.115. The van der Waals surface area contributed by atoms with Crippen molar-refractivity contribution in [2.45, 2.75) is 31.7 Å². The van der Waals surface area contributed by atoms with E-state index < -0.39 is 0 Å². The molecule has 10 heteroatoms. The minimum absolute atomic E-state index is 0.0749. The number of carbonyl (C=O) groups excluding carboxylic acids is 1. The first-order valence-electron chi connectivity index (χ1n) is 9.13. The van der Waals surface area contributed by atoms with Gasteiger partial charge in [-0.3, -0.25) is 9.69 Å². The minimum Gasteiger partial charge on any atom is -0.335 e. The van der Waals surface area contributed by atoms with E-state index >= 15 is 0 Å². The summed E-state index contributed by atoms with van der Waals surface area (Å²) in [6.45, 7) is 5.64. The summed E-state index contributed by atoms with van der Waals surface area (Å²) in [5.41, 5.74) is 4.00. The fourth-order valence-corrected chi connectivity index (χ4v) is 5.29. The second kappa shape index (κ2) is 8.58. The summed E-state index contributed by atoms with van der Waals surface area (Å²) in [6.07, 6.45) is 0. The third-order valence-corrected chi connectivity index (χ3v) is 7.27. The molecule has 2 N–H and O–H groups in total. The summed E-state index contributed by atoms with van der Waals surface area (Å²) in [5, 5.41) is 13.6. The van der Waals surface area contributed by atoms with E-state index in [-0.39, 0.29) is 5.91 Å². The molecule has 0 aliphatic carbocycles. The van der Waals surface area contributed by atoms with Crippen LogP contribution in [0.4, 0.5) is 10.8 Å². The first kappa shape index (κ1) is 20.6. The summed E-state index contributed by atoms with van der Waals surface area (Å²) in [5.74, 6) is 7.31. The van der Waals surface area contributed by atoms with Gasteiger partial charge in [0.2, 0.25) is 11.1 Å². The van der Waals surface area contributed by atoms with Crippen LogP contribution < -0.4 is 10.7 Å². The molecule has 3 aromatic heterocycles. The van der Waals surface area contributed by atoms with Gasteiger partial charge in [0, 0.05) is 18.1 Å². The third kappa shape index (κ3) is 4.11. The molecular formula is C20H20N6OS3. The molecule has 0 saturated heterocycles. The molecule has 7 nitrogen and oxygen atoms in total. The van der Waals surface area contributed by atoms with Gasteiger partial charge in [0.1, 0.15) is 0 Å². The Balaban J connectivity index is 1.51. The molecule has 0 atom stereocenters. The zero-order valence-electron chi connectivity index (χ0n) is 16.7. The lowest BCUT2D eigenvalue weighted by Gasteiger charge is -2.19. The first-order valence-corrected chi connectivity index (χ1v) is 11.9. The maximum Gasteiger partial charge on any atom is 0.230 e. The number of thioether (sulfide) groups is 1. The van der Waals surface area contributed by atoms with Crippen molar-refractivity contribution in [3.63, 3.8) is 0 Å². The summed E-state index contributed by atoms with van der Waals surface area (Å²) < 4.78 is 1.50. The maximum absolute atomic E-state index is 12.3. The number of nitrogens with two attached hydrogens (primary N) is 1. The third-order valence-electron chi connectivity index (χ3n) is 4.55. The van der Waals surface area contributed by atoms with E-state index in [0.717, 1.165) is 21.8 Å². The van der Waals surface area contributed by atoms with Crippen molar-refractivity contribution < 1.29 is 4.79 Å². The van der Waals surface area contributed by atoms with Crippen molar-refractivity contribution in [2.75, 3.05) is 10.7 Å². The van der Waals surface area contributed by atoms with E-state index in [1.165, 1.54) is 33.3 Å². The Morgan fingerprint density at radius 2 is 2.03 bits per heavy atom. The number of aromatic nitrogens is 4. The number of aryl methyl sites for hydroxylation is 2. The predicted molar refractivity (Wildman–Crippen MR) is 124 cm³/mol. The monoisotopic (exact) mass is 456 g/mol. The van der Waals surface area contributed by atoms with E-state index in [9.17, 15) is 4.79 Å². The number of thiophene rings is 1. The number of carbonyl (C=O) groups is 1. The molecule has 0 aliphatic heterocycles. The molecule has 0 saturated carbocycles. The molecule has 0 fully saturated rings. The highest BCUT2D eigenvalue weighted by molar-refractivity contribution is 7.98. The Morgan fingerprint density at radius 3 is 2.73 bits per heavy atom. The zero-order valence-corrected chi connectivity index (χ0v) is 19.1. The molecule has 1 amide bonds. The van der Waals surface area contributed by atoms with Crippen molar-refractivity contribution in [1.82, 2.24) is 19.9 Å². The van der Waals surface area contributed by atoms with Gasteiger partial charge in [0.05, 0.1) is 16.3 Å². The van der Waals surface area contributed by atoms with Gasteiger partial charge in [-0.2, -0.15) is 0 Å². The molecule has 0 spiro atoms. The van der Waals surface area contributed by atoms with Gasteiger partial charge in [0.15, 0.2) is 11.0 Å². The van der Waals surface area contributed by atoms with E-state index in [2.05, 4.69) is 22.1 Å². The molecule has 1 aromatic carbocycles. The quantitative estimate of drug-likeness (QED) is 0.332. The number of hydrogen-bond acceptors (Lipinski definition) is 8. The van der Waals surface area contributed by atoms with Gasteiger partial charge in [-0.25, -0.2) is 9.66 Å². The highest BCUT2D eigenvalue weighted by atomic mass is 32.2. The van der Waals surface area contributed by atoms with E-state index in [1.54, 1.807) is 23.2 Å². The van der Waals surface area contributed by atoms with Gasteiger partial charge >= 0.3 is 0 Å². The second-order valence-corrected chi connectivity index (χ2v) is 9.41. The standard InChI is InChI=1S/C20H20N6OS3/c1-12-6-7-16(9-13(12)2)25(14(3)27)19-22-15(10-29-19)11-30-20-24-23-18(26(20)21)17-5-4-8-28-17/h4-10H,11,21H2,1-3H3. The predicted octanol–water partition coefficient (Wildman–Crippen LogP) is 4.77. The fraction of sp³-hybridized carbons (Fsp3) is 0.200. The summed E-state index contributed by atoms with van der Waals surface area (Å²) >= 11 is 4.47. The molecule has 0 unspecified atom stereocenters. The normalized spacial score (nSPS) is 11.0. The van der Waals surface area contributed by atoms with Crippen LogP contribution in [0.3, 0.4) is 0 Å². The van der Waals surface area contributed by atoms with Crippen molar-refractivity contribution in [1.29, 1.82) is 0 Å². The van der Waals surface area contributed by atoms with Crippen LogP contribution >= 0.6 is 34.4 Å². The lowest BCUT2D eigenvalue weighted by Crippen LogP contribution is -2.22. The van der Waals surface area contributed by atoms with Crippen LogP contribution in [0.15, 0.2) is 46.2 Å². The Hall–Kier alpha value is -2.69. The molecule has 30 heavy (non-hydrogen) atoms. The number of rotatable bonds is 6. The molecule has 4 aromatic rings. The lowest BCUT2D eigenvalue weighted by atomic mass is 10.1. The van der Waals surface area contributed by atoms with Gasteiger partial charge < -0.3 is 5.84 Å². The number of benzene rings is 1. The number of thiazole rings is 1. The summed E-state index contributed by atoms with van der Waals surface area (Å²) in [6, 6.07) is 9.89. The SMILES string of the molecule is CC(=O)N(c1ccc(C)c(C)c1)c1nc(CSc2nnc(-c3cccs3)n2N)cs1. The number of hydrogen-bond donors (Lipinski definition) is 1. The highest BCUT2D eigenvalue weighted by Crippen LogP contribution is 2.32. The van der Waals surface area contributed by atoms with Crippen LogP contribution in [0.25, 0.3) is 10.7 Å². The van der Waals surface area contributed by atoms with E-state index in [0.29, 0.717) is 21.9 Å². The van der Waals surface area contributed by atoms with Crippen LogP contribution in [-0.2, 0) is 10.5 Å². The fourth-order valence-electron chi connectivity index (χ4n) is 2.84. The Morgan fingerprint density at radius 1 is 1.20 bits per heavy atom. The number of nitrogen functional groups attached to an aromatic ring is 1. The number of amides is 1. The van der Waals surface area contributed by atoms with Crippen molar-refractivity contribution in [2.24, 2.45) is 0 Å². The number of anilines is 2. The van der Waals surface area contributed by atoms with Gasteiger partial charge in [-0.1, -0.05) is 23.9 Å². The van der Waals surface area contributed by atoms with Crippen LogP contribution in [0.2, 0.25) is 0 Å². The van der Waals surface area contributed by atoms with Gasteiger partial charge in [0.25, 0.3) is 0 Å². The minimum atomic E-state index is -0.0749. The molecule has 4 rings (SSSR count). The average molecular weight is 457 g/mol. The average Bonchev–Trinajstić information content (AvgIpc) is 3.45. The largest absolute Gasteiger partial charge is 0.335 e. The molecular weight excluding hydrogens is 436 g/mol. The van der Waals surface area contributed by atoms with Crippen molar-refractivity contribution in [3.8, 4) is 10.7 Å². The van der Waals surface area contributed by atoms with Crippen molar-refractivity contribution >= 4 is 51.2 Å². The second-order valence-electron chi connectivity index (χ2n) is 6.69. The summed E-state index contributed by atoms with van der Waals surface area (Å²) in [4.78, 5) is 19.6. The Bertz CT molecular complexity index is 1180.